The highest BCUT2D eigenvalue weighted by Gasteiger charge is 2.31. The first-order chi connectivity index (χ1) is 25.4. The van der Waals surface area contributed by atoms with Crippen molar-refractivity contribution in [1.82, 2.24) is 28.9 Å². The molecule has 0 N–H and O–H groups in total. The fraction of sp³-hybridized carbons (Fsp3) is 0.381. The zero-order valence-electron chi connectivity index (χ0n) is 32.5. The van der Waals surface area contributed by atoms with Crippen LogP contribution in [0.5, 0.6) is 5.75 Å². The molecule has 2 heterocycles. The summed E-state index contributed by atoms with van der Waals surface area (Å²) in [5, 5.41) is 26.5. The molecule has 5 rings (SSSR count). The van der Waals surface area contributed by atoms with Crippen molar-refractivity contribution in [3.63, 3.8) is 0 Å². The molecule has 0 aliphatic carbocycles. The van der Waals surface area contributed by atoms with Crippen molar-refractivity contribution in [2.75, 3.05) is 0 Å². The van der Waals surface area contributed by atoms with Crippen LogP contribution < -0.4 is 4.89 Å². The largest absolute Gasteiger partial charge is 0.324 e. The first kappa shape index (κ1) is 45.2. The molecule has 5 aromatic rings. The van der Waals surface area contributed by atoms with E-state index in [1.165, 1.54) is 28.6 Å². The fourth-order valence-electron chi connectivity index (χ4n) is 4.67. The van der Waals surface area contributed by atoms with Gasteiger partial charge in [-0.1, -0.05) is 47.2 Å². The van der Waals surface area contributed by atoms with Crippen molar-refractivity contribution < 1.29 is 9.22 Å². The minimum absolute atomic E-state index is 0. The van der Waals surface area contributed by atoms with E-state index < -0.39 is 21.9 Å². The molecular formula is C42H50N10O2S. The number of aromatic nitrogens is 6. The highest BCUT2D eigenvalue weighted by Crippen LogP contribution is 2.33. The Balaban J connectivity index is 0.000000288. The molecular weight excluding hydrogens is 709 g/mol. The van der Waals surface area contributed by atoms with E-state index in [0.29, 0.717) is 12.3 Å². The molecule has 3 aromatic carbocycles. The highest BCUT2D eigenvalue weighted by atomic mass is 32.2. The minimum atomic E-state index is -0.626. The smallest absolute Gasteiger partial charge is 0.252 e. The Labute approximate surface area is 330 Å². The maximum absolute atomic E-state index is 9.41. The lowest BCUT2D eigenvalue weighted by Crippen LogP contribution is -2.19. The standard InChI is InChI=1S/C17H19N5.C15H18N2.C9H9N3O2S.CH4/c1-16(2,10-18)14-6-13(9-22-12-20-11-21-22)7-15(8-14)17(3,4)19-5;1-11-7-12(14(2,3)10-16)9-13(8-11)15(4,5)17-6;1-8-2-4-9(5-3-8)13-14-15-12-7-10-6-11-12;/h6-8,11-12H,9H2,1-4H3;7-9H,1-5H3;2-7H,1H3;1H4. The summed E-state index contributed by atoms with van der Waals surface area (Å²) >= 11 is 0.947. The lowest BCUT2D eigenvalue weighted by atomic mass is 9.81. The van der Waals surface area contributed by atoms with Gasteiger partial charge in [0.15, 0.2) is 18.0 Å². The molecule has 0 atom stereocenters. The van der Waals surface area contributed by atoms with Gasteiger partial charge in [0, 0.05) is 38.8 Å². The van der Waals surface area contributed by atoms with Gasteiger partial charge < -0.3 is 14.6 Å². The molecule has 0 saturated carbocycles. The van der Waals surface area contributed by atoms with Crippen molar-refractivity contribution >= 4 is 12.2 Å². The molecule has 13 heteroatoms. The molecule has 0 unspecified atom stereocenters. The molecule has 286 valence electrons. The molecule has 0 fully saturated rings. The van der Waals surface area contributed by atoms with Crippen LogP contribution in [-0.4, -0.2) is 28.9 Å². The number of hydrogen-bond donors (Lipinski definition) is 0. The zero-order valence-corrected chi connectivity index (χ0v) is 33.3. The monoisotopic (exact) mass is 758 g/mol. The Morgan fingerprint density at radius 1 is 0.691 bits per heavy atom. The van der Waals surface area contributed by atoms with Crippen LogP contribution in [0.25, 0.3) is 9.69 Å². The summed E-state index contributed by atoms with van der Waals surface area (Å²) in [5.41, 5.74) is 4.78. The van der Waals surface area contributed by atoms with Crippen LogP contribution in [0.2, 0.25) is 0 Å². The predicted octanol–water partition coefficient (Wildman–Crippen LogP) is 9.88. The molecule has 0 aliphatic rings. The third-order valence-corrected chi connectivity index (χ3v) is 8.98. The zero-order chi connectivity index (χ0) is 40.2. The predicted molar refractivity (Wildman–Crippen MR) is 216 cm³/mol. The average Bonchev–Trinajstić information content (AvgIpc) is 3.88. The van der Waals surface area contributed by atoms with Gasteiger partial charge in [-0.05, 0) is 94.6 Å². The second-order valence-corrected chi connectivity index (χ2v) is 15.4. The van der Waals surface area contributed by atoms with E-state index in [-0.39, 0.29) is 7.43 Å². The summed E-state index contributed by atoms with van der Waals surface area (Å²) < 4.78 is 8.05. The van der Waals surface area contributed by atoms with E-state index in [0.717, 1.165) is 45.6 Å². The molecule has 0 aliphatic heterocycles. The number of hydrogen-bond acceptors (Lipinski definition) is 9. The number of aryl methyl sites for hydroxylation is 2. The van der Waals surface area contributed by atoms with Crippen LogP contribution >= 0.6 is 12.2 Å². The lowest BCUT2D eigenvalue weighted by molar-refractivity contribution is -0.0789. The Hall–Kier alpha value is -5.99. The number of nitrogens with zero attached hydrogens (tertiary/aromatic N) is 10. The van der Waals surface area contributed by atoms with Crippen LogP contribution in [0.3, 0.4) is 0 Å². The normalized spacial score (nSPS) is 11.1. The van der Waals surface area contributed by atoms with Gasteiger partial charge in [0.2, 0.25) is 0 Å². The summed E-state index contributed by atoms with van der Waals surface area (Å²) in [6.45, 7) is 34.4. The fourth-order valence-corrected chi connectivity index (χ4v) is 5.01. The Bertz CT molecular complexity index is 2060. The first-order valence-corrected chi connectivity index (χ1v) is 17.7. The number of rotatable bonds is 10. The van der Waals surface area contributed by atoms with E-state index in [2.05, 4.69) is 42.0 Å². The number of benzene rings is 3. The molecule has 0 saturated heterocycles. The van der Waals surface area contributed by atoms with Crippen molar-refractivity contribution in [1.29, 1.82) is 10.5 Å². The quantitative estimate of drug-likeness (QED) is 0.0590. The molecule has 2 aromatic heterocycles. The van der Waals surface area contributed by atoms with E-state index in [1.54, 1.807) is 11.0 Å². The Morgan fingerprint density at radius 2 is 1.18 bits per heavy atom. The molecule has 0 amide bonds. The summed E-state index contributed by atoms with van der Waals surface area (Å²) in [7, 11) is 0. The van der Waals surface area contributed by atoms with Crippen molar-refractivity contribution in [3.05, 3.63) is 148 Å². The SMILES string of the molecule is C.Cc1ccc(OOSn2cncn2)cc1.[C-]#[N+]C(C)(C)c1cc(C)cc(C(C)(C)C#N)c1.[C-]#[N+]C(C)(C)c1cc(Cn2cncn2)cc(C(C)(C)C#N)c1. The van der Waals surface area contributed by atoms with Crippen molar-refractivity contribution in [2.45, 2.75) is 105 Å². The maximum Gasteiger partial charge on any atom is 0.252 e. The minimum Gasteiger partial charge on any atom is -0.324 e. The van der Waals surface area contributed by atoms with Gasteiger partial charge in [-0.25, -0.2) is 27.8 Å². The van der Waals surface area contributed by atoms with Crippen LogP contribution in [0.4, 0.5) is 0 Å². The molecule has 12 nitrogen and oxygen atoms in total. The van der Waals surface area contributed by atoms with Gasteiger partial charge in [0.05, 0.1) is 29.5 Å². The lowest BCUT2D eigenvalue weighted by Gasteiger charge is -2.21. The molecule has 0 radical (unpaired) electrons. The summed E-state index contributed by atoms with van der Waals surface area (Å²) in [6.07, 6.45) is 6.08. The average molecular weight is 759 g/mol. The molecule has 0 bridgehead atoms. The number of nitriles is 2. The summed E-state index contributed by atoms with van der Waals surface area (Å²) in [6, 6.07) is 24.2. The van der Waals surface area contributed by atoms with Gasteiger partial charge in [0.1, 0.15) is 25.3 Å². The highest BCUT2D eigenvalue weighted by molar-refractivity contribution is 7.92. The van der Waals surface area contributed by atoms with Gasteiger partial charge in [0.25, 0.3) is 11.1 Å². The van der Waals surface area contributed by atoms with E-state index >= 15 is 0 Å². The van der Waals surface area contributed by atoms with Gasteiger partial charge in [-0.2, -0.15) is 19.7 Å². The van der Waals surface area contributed by atoms with Crippen molar-refractivity contribution in [3.8, 4) is 17.9 Å². The second-order valence-electron chi connectivity index (χ2n) is 14.8. The van der Waals surface area contributed by atoms with Crippen LogP contribution in [0, 0.1) is 49.7 Å². The van der Waals surface area contributed by atoms with E-state index in [9.17, 15) is 10.5 Å². The Kier molecular flexibility index (Phi) is 15.9. The van der Waals surface area contributed by atoms with Gasteiger partial charge in [-0.15, -0.1) is 5.10 Å². The van der Waals surface area contributed by atoms with Crippen LogP contribution in [0.1, 0.15) is 102 Å². The van der Waals surface area contributed by atoms with Gasteiger partial charge >= 0.3 is 0 Å². The third-order valence-electron chi connectivity index (χ3n) is 8.51. The summed E-state index contributed by atoms with van der Waals surface area (Å²) in [4.78, 5) is 20.1. The Morgan fingerprint density at radius 3 is 1.67 bits per heavy atom. The van der Waals surface area contributed by atoms with E-state index in [4.69, 9.17) is 22.4 Å². The van der Waals surface area contributed by atoms with E-state index in [1.807, 2.05) is 130 Å². The van der Waals surface area contributed by atoms with Gasteiger partial charge in [-0.3, -0.25) is 0 Å². The molecule has 0 spiro atoms. The summed E-state index contributed by atoms with van der Waals surface area (Å²) in [5.74, 6) is 0.646. The topological polar surface area (TPSA) is 136 Å². The van der Waals surface area contributed by atoms with Crippen LogP contribution in [-0.2, 0) is 32.8 Å². The maximum atomic E-state index is 9.41. The second kappa shape index (κ2) is 19.4. The first-order valence-electron chi connectivity index (χ1n) is 17.0. The molecule has 55 heavy (non-hydrogen) atoms. The van der Waals surface area contributed by atoms with Crippen molar-refractivity contribution in [2.24, 2.45) is 0 Å². The van der Waals surface area contributed by atoms with Crippen LogP contribution in [0.15, 0.2) is 86.0 Å². The third kappa shape index (κ3) is 13.1.